The van der Waals surface area contributed by atoms with Gasteiger partial charge in [0.05, 0.1) is 0 Å². The first-order valence-electron chi connectivity index (χ1n) is 16.8. The quantitative estimate of drug-likeness (QED) is 0.0873. The average Bonchev–Trinajstić information content (AvgIpc) is 3.03. The third kappa shape index (κ3) is 16.5. The lowest BCUT2D eigenvalue weighted by atomic mass is 9.87. The predicted molar refractivity (Wildman–Crippen MR) is 200 cm³/mol. The van der Waals surface area contributed by atoms with Gasteiger partial charge in [0.2, 0.25) is 0 Å². The molecule has 0 aromatic heterocycles. The van der Waals surface area contributed by atoms with Gasteiger partial charge in [0.25, 0.3) is 0 Å². The van der Waals surface area contributed by atoms with Crippen LogP contribution in [0.1, 0.15) is 105 Å². The Kier molecular flexibility index (Phi) is 17.4. The molecule has 53 heavy (non-hydrogen) atoms. The van der Waals surface area contributed by atoms with Gasteiger partial charge < -0.3 is 9.81 Å². The summed E-state index contributed by atoms with van der Waals surface area (Å²) in [5.74, 6) is 0. The average molecular weight is 997 g/mol. The van der Waals surface area contributed by atoms with E-state index in [0.717, 1.165) is 0 Å². The molecule has 0 saturated heterocycles. The maximum Gasteiger partial charge on any atom is 0.409 e. The maximum atomic E-state index is 11.8. The molecule has 292 valence electrons. The summed E-state index contributed by atoms with van der Waals surface area (Å²) in [7, 11) is -5.84. The largest absolute Gasteiger partial charge is 0.743 e. The minimum absolute atomic E-state index is 0.0703. The number of alkyl halides is 2. The lowest BCUT2D eigenvalue weighted by Gasteiger charge is -2.18. The van der Waals surface area contributed by atoms with Crippen LogP contribution < -0.4 is 47.7 Å². The van der Waals surface area contributed by atoms with E-state index in [2.05, 4.69) is 190 Å². The first-order valence-corrected chi connectivity index (χ1v) is 23.3. The smallest absolute Gasteiger partial charge is 0.409 e. The Labute approximate surface area is 341 Å². The van der Waals surface area contributed by atoms with E-state index in [0.29, 0.717) is 0 Å². The number of hydrogen-bond donors (Lipinski definition) is 0. The zero-order chi connectivity index (χ0) is 40.5. The van der Waals surface area contributed by atoms with Crippen LogP contribution in [-0.2, 0) is 41.2 Å². The molecule has 0 fully saturated rings. The third-order valence-electron chi connectivity index (χ3n) is 7.73. The van der Waals surface area contributed by atoms with Gasteiger partial charge in [0.1, 0.15) is 12.0 Å². The molecule has 0 atom stereocenters. The molecule has 0 heterocycles. The molecule has 0 aliphatic rings. The van der Waals surface area contributed by atoms with Gasteiger partial charge in [-0.1, -0.05) is 132 Å². The summed E-state index contributed by atoms with van der Waals surface area (Å²) in [6, 6.07) is 36.8. The van der Waals surface area contributed by atoms with Crippen molar-refractivity contribution in [3.63, 3.8) is 0 Å². The molecular weight excluding hydrogens is 944 g/mol. The minimum Gasteiger partial charge on any atom is -0.743 e. The van der Waals surface area contributed by atoms with Gasteiger partial charge in [-0.05, 0) is 92.4 Å². The van der Waals surface area contributed by atoms with Gasteiger partial charge in [0.15, 0.2) is 24.4 Å². The van der Waals surface area contributed by atoms with Crippen molar-refractivity contribution in [2.75, 3.05) is 0 Å². The standard InChI is InChI=1S/2C20H26I.CH2F2O6S2/c2*1-19(2,3)15-7-11-17(12-8-15)21-18-13-9-16(10-14-18)20(4,5)6;2-1(3,10-9-8-4)11(5,6)7/h2*7-14H,1-6H3;4H,(H,5,6,7)/q2*+1;/p-2. The fourth-order valence-electron chi connectivity index (χ4n) is 4.40. The summed E-state index contributed by atoms with van der Waals surface area (Å²) in [6.45, 7) is 27.2. The van der Waals surface area contributed by atoms with Gasteiger partial charge in [-0.15, -0.1) is 0 Å². The highest BCUT2D eigenvalue weighted by molar-refractivity contribution is 8.09. The molecule has 0 spiro atoms. The van der Waals surface area contributed by atoms with Crippen molar-refractivity contribution >= 4 is 22.2 Å². The number of benzene rings is 4. The van der Waals surface area contributed by atoms with Crippen molar-refractivity contribution < 1.29 is 78.8 Å². The van der Waals surface area contributed by atoms with Crippen LogP contribution in [0.3, 0.4) is 0 Å². The predicted octanol–water partition coefficient (Wildman–Crippen LogP) is 3.77. The van der Waals surface area contributed by atoms with Gasteiger partial charge in [-0.3, -0.25) is 5.04 Å². The van der Waals surface area contributed by atoms with Crippen LogP contribution in [0, 0.1) is 14.3 Å². The van der Waals surface area contributed by atoms with E-state index in [1.165, 1.54) is 36.5 Å². The monoisotopic (exact) mass is 996 g/mol. The summed E-state index contributed by atoms with van der Waals surface area (Å²) in [4.78, 5) is 0. The first kappa shape index (κ1) is 47.5. The number of halogens is 4. The molecule has 4 aromatic rings. The molecule has 0 radical (unpaired) electrons. The van der Waals surface area contributed by atoms with Crippen LogP contribution in [-0.4, -0.2) is 17.6 Å². The second-order valence-electron chi connectivity index (χ2n) is 16.4. The van der Waals surface area contributed by atoms with Gasteiger partial charge in [0, 0.05) is 0 Å². The lowest BCUT2D eigenvalue weighted by Crippen LogP contribution is -3.61. The zero-order valence-electron chi connectivity index (χ0n) is 32.5. The summed E-state index contributed by atoms with van der Waals surface area (Å²) in [5, 5.41) is 11.3. The Morgan fingerprint density at radius 3 is 0.849 bits per heavy atom. The van der Waals surface area contributed by atoms with E-state index in [9.17, 15) is 21.8 Å². The molecular formula is C41H52F2I2O6S2. The van der Waals surface area contributed by atoms with Crippen LogP contribution >= 0.6 is 12.0 Å². The highest BCUT2D eigenvalue weighted by Gasteiger charge is 2.40. The number of hydrogen-bond acceptors (Lipinski definition) is 7. The molecule has 6 nitrogen and oxygen atoms in total. The van der Waals surface area contributed by atoms with E-state index in [4.69, 9.17) is 5.26 Å². The molecule has 0 amide bonds. The molecule has 12 heteroatoms. The fraction of sp³-hybridized carbons (Fsp3) is 0.415. The first-order chi connectivity index (χ1) is 24.1. The molecule has 0 aliphatic carbocycles. The Morgan fingerprint density at radius 1 is 0.491 bits per heavy atom. The molecule has 4 rings (SSSR count). The van der Waals surface area contributed by atoms with E-state index in [1.54, 1.807) is 0 Å². The second kappa shape index (κ2) is 19.5. The van der Waals surface area contributed by atoms with Gasteiger partial charge in [-0.25, -0.2) is 8.42 Å². The Balaban J connectivity index is 0.000000290. The Hall–Kier alpha value is -1.66. The van der Waals surface area contributed by atoms with Crippen LogP contribution in [0.2, 0.25) is 0 Å². The topological polar surface area (TPSA) is 98.7 Å². The highest BCUT2D eigenvalue weighted by Crippen LogP contribution is 2.34. The molecule has 0 aliphatic heterocycles. The van der Waals surface area contributed by atoms with E-state index in [-0.39, 0.29) is 64.1 Å². The van der Waals surface area contributed by atoms with Gasteiger partial charge >= 0.3 is 47.0 Å². The van der Waals surface area contributed by atoms with E-state index in [1.807, 2.05) is 0 Å². The van der Waals surface area contributed by atoms with Crippen LogP contribution in [0.5, 0.6) is 0 Å². The van der Waals surface area contributed by atoms with Crippen molar-refractivity contribution in [3.05, 3.63) is 134 Å². The molecule has 0 saturated carbocycles. The second-order valence-corrected chi connectivity index (χ2v) is 24.9. The maximum absolute atomic E-state index is 11.8. The van der Waals surface area contributed by atoms with Crippen molar-refractivity contribution in [2.24, 2.45) is 0 Å². The van der Waals surface area contributed by atoms with Crippen molar-refractivity contribution in [1.29, 1.82) is 0 Å². The molecule has 4 aromatic carbocycles. The summed E-state index contributed by atoms with van der Waals surface area (Å²) >= 11 is -1.32. The van der Waals surface area contributed by atoms with Crippen molar-refractivity contribution in [2.45, 2.75) is 109 Å². The minimum atomic E-state index is -5.84. The fourth-order valence-corrected chi connectivity index (χ4v) is 9.24. The summed E-state index contributed by atoms with van der Waals surface area (Å²) in [6.07, 6.45) is 0. The lowest BCUT2D eigenvalue weighted by molar-refractivity contribution is -0.777. The molecule has 0 unspecified atom stereocenters. The SMILES string of the molecule is CC(C)(C)c1ccc([I+]c2ccc(C(C)(C)C)cc2)cc1.CC(C)(C)c1ccc([I+]c2ccc(C(C)(C)C)cc2)cc1.O=S(=O)([O-])C(F)(F)SOO[O-]. The molecule has 0 bridgehead atoms. The van der Waals surface area contributed by atoms with Gasteiger partial charge in [-0.2, -0.15) is 13.1 Å². The number of rotatable bonds is 8. The van der Waals surface area contributed by atoms with Crippen LogP contribution in [0.15, 0.2) is 97.1 Å². The Bertz CT molecular complexity index is 1580. The highest BCUT2D eigenvalue weighted by atomic mass is 127. The third-order valence-corrected chi connectivity index (χ3v) is 14.8. The molecule has 0 N–H and O–H groups in total. The normalized spacial score (nSPS) is 12.7. The van der Waals surface area contributed by atoms with Crippen LogP contribution in [0.4, 0.5) is 8.78 Å². The van der Waals surface area contributed by atoms with Crippen LogP contribution in [0.25, 0.3) is 0 Å². The van der Waals surface area contributed by atoms with E-state index >= 15 is 0 Å². The Morgan fingerprint density at radius 2 is 0.698 bits per heavy atom. The van der Waals surface area contributed by atoms with E-state index < -0.39 is 26.7 Å². The summed E-state index contributed by atoms with van der Waals surface area (Å²) in [5.41, 5.74) is 6.63. The van der Waals surface area contributed by atoms with Crippen molar-refractivity contribution in [1.82, 2.24) is 0 Å². The summed E-state index contributed by atoms with van der Waals surface area (Å²) < 4.78 is 56.7. The zero-order valence-corrected chi connectivity index (χ0v) is 38.5. The van der Waals surface area contributed by atoms with Crippen molar-refractivity contribution in [3.8, 4) is 0 Å².